The maximum atomic E-state index is 13.2. The second-order valence-corrected chi connectivity index (χ2v) is 7.50. The molecule has 3 nitrogen and oxygen atoms in total. The molecule has 1 atom stereocenters. The molecule has 0 amide bonds. The van der Waals surface area contributed by atoms with E-state index >= 15 is 0 Å². The summed E-state index contributed by atoms with van der Waals surface area (Å²) < 4.78 is 82.5. The smallest absolute Gasteiger partial charge is 0.166 e. The van der Waals surface area contributed by atoms with E-state index in [4.69, 9.17) is 0 Å². The topological polar surface area (TPSA) is 21.7 Å². The van der Waals surface area contributed by atoms with Gasteiger partial charge in [-0.1, -0.05) is 30.3 Å². The fourth-order valence-corrected chi connectivity index (χ4v) is 4.16. The molecular weight excluding hydrogens is 511 g/mol. The van der Waals surface area contributed by atoms with Gasteiger partial charge in [-0.25, -0.2) is 0 Å². The Balaban J connectivity index is 2.18. The Morgan fingerprint density at radius 1 is 0.931 bits per heavy atom. The van der Waals surface area contributed by atoms with Gasteiger partial charge in [0, 0.05) is 28.2 Å². The molecule has 0 radical (unpaired) electrons. The van der Waals surface area contributed by atoms with Gasteiger partial charge in [-0.2, -0.15) is 26.3 Å². The summed E-state index contributed by atoms with van der Waals surface area (Å²) in [6.45, 7) is 1.85. The Morgan fingerprint density at radius 2 is 1.45 bits per heavy atom. The third kappa shape index (κ3) is 4.41. The summed E-state index contributed by atoms with van der Waals surface area (Å²) >= 11 is 1.89. The van der Waals surface area contributed by atoms with Crippen molar-refractivity contribution in [1.29, 1.82) is 0 Å². The van der Waals surface area contributed by atoms with Crippen LogP contribution in [0.4, 0.5) is 26.3 Å². The highest BCUT2D eigenvalue weighted by Crippen LogP contribution is 2.39. The lowest BCUT2D eigenvalue weighted by molar-refractivity contribution is -0.722. The Kier molecular flexibility index (Phi) is 5.67. The summed E-state index contributed by atoms with van der Waals surface area (Å²) in [5, 5.41) is 4.31. The van der Waals surface area contributed by atoms with E-state index in [9.17, 15) is 26.3 Å². The number of halogens is 7. The largest absolute Gasteiger partial charge is 0.416 e. The number of hydrogen-bond acceptors (Lipinski definition) is 1. The van der Waals surface area contributed by atoms with Crippen molar-refractivity contribution in [3.63, 3.8) is 0 Å². The first-order valence-electron chi connectivity index (χ1n) is 8.38. The third-order valence-corrected chi connectivity index (χ3v) is 5.47. The van der Waals surface area contributed by atoms with Crippen molar-refractivity contribution in [3.8, 4) is 11.3 Å². The minimum Gasteiger partial charge on any atom is -0.166 e. The van der Waals surface area contributed by atoms with Crippen LogP contribution in [0.1, 0.15) is 29.7 Å². The first kappa shape index (κ1) is 21.6. The third-order valence-electron chi connectivity index (χ3n) is 4.46. The van der Waals surface area contributed by atoms with Crippen molar-refractivity contribution in [2.75, 3.05) is 0 Å². The van der Waals surface area contributed by atoms with Crippen LogP contribution in [-0.4, -0.2) is 9.90 Å². The van der Waals surface area contributed by atoms with Gasteiger partial charge in [0.05, 0.1) is 16.3 Å². The molecule has 0 saturated heterocycles. The molecule has 0 unspecified atom stereocenters. The second-order valence-electron chi connectivity index (χ2n) is 6.48. The maximum absolute atomic E-state index is 13.2. The first-order chi connectivity index (χ1) is 13.4. The highest BCUT2D eigenvalue weighted by molar-refractivity contribution is 14.1. The number of alkyl halides is 6. The summed E-state index contributed by atoms with van der Waals surface area (Å²) in [7, 11) is 1.49. The zero-order valence-corrected chi connectivity index (χ0v) is 17.3. The number of benzene rings is 2. The van der Waals surface area contributed by atoms with Crippen LogP contribution in [-0.2, 0) is 19.4 Å². The van der Waals surface area contributed by atoms with Crippen LogP contribution in [0, 0.1) is 3.70 Å². The molecule has 3 rings (SSSR count). The Morgan fingerprint density at radius 3 is 1.93 bits per heavy atom. The molecule has 154 valence electrons. The summed E-state index contributed by atoms with van der Waals surface area (Å²) in [6, 6.07) is 10.5. The first-order valence-corrected chi connectivity index (χ1v) is 9.46. The molecule has 1 heterocycles. The summed E-state index contributed by atoms with van der Waals surface area (Å²) in [5.41, 5.74) is -1.85. The quantitative estimate of drug-likeness (QED) is 0.247. The summed E-state index contributed by atoms with van der Waals surface area (Å²) in [4.78, 5) is 0. The second kappa shape index (κ2) is 7.62. The van der Waals surface area contributed by atoms with E-state index < -0.39 is 23.5 Å². The number of rotatable bonds is 3. The number of aromatic nitrogens is 3. The van der Waals surface area contributed by atoms with Crippen molar-refractivity contribution in [2.45, 2.75) is 25.3 Å². The lowest BCUT2D eigenvalue weighted by Crippen LogP contribution is -2.34. The molecule has 0 fully saturated rings. The Hall–Kier alpha value is -2.11. The van der Waals surface area contributed by atoms with Crippen LogP contribution in [0.15, 0.2) is 48.5 Å². The van der Waals surface area contributed by atoms with E-state index in [1.54, 1.807) is 4.68 Å². The van der Waals surface area contributed by atoms with E-state index in [0.29, 0.717) is 15.8 Å². The minimum atomic E-state index is -4.91. The van der Waals surface area contributed by atoms with Crippen LogP contribution in [0.3, 0.4) is 0 Å². The Bertz CT molecular complexity index is 993. The van der Waals surface area contributed by atoms with Crippen molar-refractivity contribution < 1.29 is 31.0 Å². The summed E-state index contributed by atoms with van der Waals surface area (Å²) in [6.07, 6.45) is -9.82. The van der Waals surface area contributed by atoms with E-state index in [2.05, 4.69) is 5.21 Å². The number of aryl methyl sites for hydroxylation is 1. The molecule has 0 N–H and O–H groups in total. The van der Waals surface area contributed by atoms with Gasteiger partial charge in [0.2, 0.25) is 9.39 Å². The summed E-state index contributed by atoms with van der Waals surface area (Å²) in [5.74, 6) is 0. The van der Waals surface area contributed by atoms with Crippen molar-refractivity contribution in [2.24, 2.45) is 7.05 Å². The van der Waals surface area contributed by atoms with E-state index in [-0.39, 0.29) is 23.4 Å². The molecular formula is C19H15F6IN3+. The molecule has 3 aromatic rings. The van der Waals surface area contributed by atoms with E-state index in [0.717, 1.165) is 5.56 Å². The van der Waals surface area contributed by atoms with Crippen LogP contribution in [0.2, 0.25) is 0 Å². The molecule has 0 aliphatic heterocycles. The van der Waals surface area contributed by atoms with Gasteiger partial charge in [0.15, 0.2) is 0 Å². The molecule has 1 aromatic heterocycles. The van der Waals surface area contributed by atoms with Gasteiger partial charge >= 0.3 is 12.4 Å². The molecule has 0 bridgehead atoms. The molecule has 29 heavy (non-hydrogen) atoms. The zero-order valence-electron chi connectivity index (χ0n) is 15.2. The highest BCUT2D eigenvalue weighted by atomic mass is 127. The molecule has 0 aliphatic rings. The van der Waals surface area contributed by atoms with Gasteiger partial charge < -0.3 is 0 Å². The molecule has 2 aromatic carbocycles. The lowest BCUT2D eigenvalue weighted by Gasteiger charge is -2.13. The highest BCUT2D eigenvalue weighted by Gasteiger charge is 2.38. The van der Waals surface area contributed by atoms with Crippen LogP contribution < -0.4 is 4.68 Å². The monoisotopic (exact) mass is 526 g/mol. The SMILES string of the molecule is C[C@H](c1ccccc1)n1n[n+](C)c(-c2cc(C(F)(F)F)cc(C(F)(F)F)c2)c1I. The minimum absolute atomic E-state index is 0.118. The van der Waals surface area contributed by atoms with Gasteiger partial charge in [-0.05, 0) is 30.7 Å². The lowest BCUT2D eigenvalue weighted by atomic mass is 10.0. The molecule has 10 heteroatoms. The molecule has 0 saturated carbocycles. The van der Waals surface area contributed by atoms with Crippen molar-refractivity contribution >= 4 is 22.6 Å². The fourth-order valence-electron chi connectivity index (χ4n) is 2.99. The van der Waals surface area contributed by atoms with Gasteiger partial charge in [-0.3, -0.25) is 0 Å². The normalized spacial score (nSPS) is 13.6. The molecule has 0 spiro atoms. The fraction of sp³-hybridized carbons (Fsp3) is 0.263. The average Bonchev–Trinajstić information content (AvgIpc) is 2.94. The predicted octanol–water partition coefficient (Wildman–Crippen LogP) is 5.63. The predicted molar refractivity (Wildman–Crippen MR) is 102 cm³/mol. The van der Waals surface area contributed by atoms with E-state index in [1.165, 1.54) is 11.7 Å². The van der Waals surface area contributed by atoms with Crippen LogP contribution >= 0.6 is 22.6 Å². The molecule has 0 aliphatic carbocycles. The average molecular weight is 526 g/mol. The Labute approximate surface area is 176 Å². The van der Waals surface area contributed by atoms with Gasteiger partial charge in [0.25, 0.3) is 0 Å². The maximum Gasteiger partial charge on any atom is 0.416 e. The standard InChI is InChI=1S/C19H15F6IN3/c1-11(12-6-4-3-5-7-12)29-17(26)16(28(2)27-29)13-8-14(18(20,21)22)10-15(9-13)19(23,24)25/h3-11H,1-2H3/q+1/t11-/m1/s1. The van der Waals surface area contributed by atoms with Crippen LogP contribution in [0.5, 0.6) is 0 Å². The van der Waals surface area contributed by atoms with E-state index in [1.807, 2.05) is 59.8 Å². The number of nitrogens with zero attached hydrogens (tertiary/aromatic N) is 3. The van der Waals surface area contributed by atoms with Crippen molar-refractivity contribution in [1.82, 2.24) is 9.90 Å². The van der Waals surface area contributed by atoms with Crippen molar-refractivity contribution in [3.05, 3.63) is 68.9 Å². The zero-order chi connectivity index (χ0) is 21.6. The van der Waals surface area contributed by atoms with Crippen LogP contribution in [0.25, 0.3) is 11.3 Å². The number of hydrogen-bond donors (Lipinski definition) is 0. The van der Waals surface area contributed by atoms with Gasteiger partial charge in [0.1, 0.15) is 13.1 Å². The van der Waals surface area contributed by atoms with Gasteiger partial charge in [-0.15, -0.1) is 9.36 Å².